The first-order valence-corrected chi connectivity index (χ1v) is 4.90. The highest BCUT2D eigenvalue weighted by Crippen LogP contribution is 2.06. The van der Waals surface area contributed by atoms with Gasteiger partial charge in [0.1, 0.15) is 0 Å². The van der Waals surface area contributed by atoms with E-state index >= 15 is 0 Å². The molecule has 1 aromatic heterocycles. The monoisotopic (exact) mass is 200 g/mol. The average molecular weight is 201 g/mol. The van der Waals surface area contributed by atoms with E-state index in [-0.39, 0.29) is 0 Å². The zero-order chi connectivity index (χ0) is 9.52. The Morgan fingerprint density at radius 3 is 2.77 bits per heavy atom. The fourth-order valence-electron chi connectivity index (χ4n) is 0.808. The lowest BCUT2D eigenvalue weighted by molar-refractivity contribution is 0.296. The summed E-state index contributed by atoms with van der Waals surface area (Å²) in [5.74, 6) is 0.963. The highest BCUT2D eigenvalue weighted by molar-refractivity contribution is 6.16. The molecule has 1 aromatic rings. The van der Waals surface area contributed by atoms with Crippen LogP contribution in [0.4, 0.5) is 0 Å². The first-order chi connectivity index (χ1) is 6.36. The normalized spacial score (nSPS) is 10.0. The van der Waals surface area contributed by atoms with Gasteiger partial charge in [-0.1, -0.05) is 13.3 Å². The van der Waals surface area contributed by atoms with Gasteiger partial charge >= 0.3 is 0 Å². The van der Waals surface area contributed by atoms with Gasteiger partial charge in [-0.15, -0.1) is 11.6 Å². The van der Waals surface area contributed by atoms with Gasteiger partial charge in [0.25, 0.3) is 0 Å². The van der Waals surface area contributed by atoms with E-state index in [9.17, 15) is 0 Å². The molecule has 1 heterocycles. The van der Waals surface area contributed by atoms with Crippen LogP contribution in [0.25, 0.3) is 0 Å². The van der Waals surface area contributed by atoms with Crippen LogP contribution < -0.4 is 4.74 Å². The van der Waals surface area contributed by atoms with Crippen molar-refractivity contribution in [1.29, 1.82) is 0 Å². The highest BCUT2D eigenvalue weighted by atomic mass is 35.5. The second kappa shape index (κ2) is 5.75. The minimum absolute atomic E-state index is 0.391. The smallest absolute Gasteiger partial charge is 0.232 e. The number of rotatable bonds is 5. The van der Waals surface area contributed by atoms with E-state index in [1.807, 2.05) is 0 Å². The number of halogens is 1. The third-order valence-corrected chi connectivity index (χ3v) is 1.84. The van der Waals surface area contributed by atoms with Crippen molar-refractivity contribution in [1.82, 2.24) is 9.97 Å². The molecule has 0 fully saturated rings. The van der Waals surface area contributed by atoms with E-state index in [4.69, 9.17) is 16.3 Å². The van der Waals surface area contributed by atoms with Gasteiger partial charge in [-0.05, 0) is 6.42 Å². The zero-order valence-electron chi connectivity index (χ0n) is 7.66. The van der Waals surface area contributed by atoms with Crippen molar-refractivity contribution >= 4 is 11.6 Å². The largest absolute Gasteiger partial charge is 0.477 e. The lowest BCUT2D eigenvalue weighted by atomic mass is 10.4. The molecule has 0 radical (unpaired) electrons. The number of nitrogens with zero attached hydrogens (tertiary/aromatic N) is 2. The third kappa shape index (κ3) is 3.59. The molecule has 0 saturated heterocycles. The van der Waals surface area contributed by atoms with Gasteiger partial charge in [-0.2, -0.15) is 0 Å². The van der Waals surface area contributed by atoms with Gasteiger partial charge in [0.15, 0.2) is 0 Å². The number of unbranched alkanes of at least 4 members (excludes halogenated alkanes) is 1. The van der Waals surface area contributed by atoms with Gasteiger partial charge in [0.05, 0.1) is 30.6 Å². The van der Waals surface area contributed by atoms with E-state index in [2.05, 4.69) is 16.9 Å². The summed E-state index contributed by atoms with van der Waals surface area (Å²) in [4.78, 5) is 8.11. The Bertz CT molecular complexity index is 238. The molecule has 13 heavy (non-hydrogen) atoms. The van der Waals surface area contributed by atoms with Gasteiger partial charge in [-0.25, -0.2) is 4.98 Å². The molecule has 0 unspecified atom stereocenters. The summed E-state index contributed by atoms with van der Waals surface area (Å²) in [5, 5.41) is 0. The summed E-state index contributed by atoms with van der Waals surface area (Å²) in [7, 11) is 0. The van der Waals surface area contributed by atoms with Crippen molar-refractivity contribution in [2.24, 2.45) is 0 Å². The Kier molecular flexibility index (Phi) is 4.54. The molecule has 0 aliphatic heterocycles. The Hall–Kier alpha value is -0.830. The topological polar surface area (TPSA) is 35.0 Å². The third-order valence-electron chi connectivity index (χ3n) is 1.57. The summed E-state index contributed by atoms with van der Waals surface area (Å²) in [6.45, 7) is 2.82. The number of aromatic nitrogens is 2. The van der Waals surface area contributed by atoms with E-state index in [0.717, 1.165) is 18.5 Å². The van der Waals surface area contributed by atoms with Crippen LogP contribution in [0, 0.1) is 0 Å². The summed E-state index contributed by atoms with van der Waals surface area (Å²) in [5.41, 5.74) is 0.768. The maximum atomic E-state index is 5.56. The molecule has 1 rings (SSSR count). The predicted molar refractivity (Wildman–Crippen MR) is 52.0 cm³/mol. The van der Waals surface area contributed by atoms with E-state index in [0.29, 0.717) is 18.4 Å². The molecule has 0 aliphatic rings. The fraction of sp³-hybridized carbons (Fsp3) is 0.556. The van der Waals surface area contributed by atoms with E-state index in [1.165, 1.54) is 0 Å². The van der Waals surface area contributed by atoms with Crippen molar-refractivity contribution in [3.63, 3.8) is 0 Å². The molecule has 0 amide bonds. The molecule has 3 nitrogen and oxygen atoms in total. The van der Waals surface area contributed by atoms with Crippen LogP contribution in [0.3, 0.4) is 0 Å². The molecule has 0 spiro atoms. The summed E-state index contributed by atoms with van der Waals surface area (Å²) in [6.07, 6.45) is 5.40. The Labute approximate surface area is 83.1 Å². The van der Waals surface area contributed by atoms with Crippen molar-refractivity contribution in [3.05, 3.63) is 18.1 Å². The molecule has 0 aromatic carbocycles. The second-order valence-electron chi connectivity index (χ2n) is 2.68. The van der Waals surface area contributed by atoms with Gasteiger partial charge in [0.2, 0.25) is 5.88 Å². The molecule has 72 valence electrons. The van der Waals surface area contributed by atoms with Gasteiger partial charge in [0, 0.05) is 0 Å². The lowest BCUT2D eigenvalue weighted by Crippen LogP contribution is -1.99. The molecule has 0 aliphatic carbocycles. The predicted octanol–water partition coefficient (Wildman–Crippen LogP) is 2.39. The molecular weight excluding hydrogens is 188 g/mol. The van der Waals surface area contributed by atoms with Crippen LogP contribution in [0.2, 0.25) is 0 Å². The zero-order valence-corrected chi connectivity index (χ0v) is 8.42. The molecule has 0 saturated carbocycles. The quantitative estimate of drug-likeness (QED) is 0.541. The van der Waals surface area contributed by atoms with Crippen molar-refractivity contribution in [2.75, 3.05) is 6.61 Å². The van der Waals surface area contributed by atoms with Crippen LogP contribution in [0.5, 0.6) is 5.88 Å². The molecule has 0 N–H and O–H groups in total. The number of alkyl halides is 1. The Morgan fingerprint density at radius 1 is 1.38 bits per heavy atom. The van der Waals surface area contributed by atoms with Crippen LogP contribution in [-0.2, 0) is 5.88 Å². The SMILES string of the molecule is CCCCOc1cnc(CCl)cn1. The van der Waals surface area contributed by atoms with Crippen molar-refractivity contribution in [3.8, 4) is 5.88 Å². The summed E-state index contributed by atoms with van der Waals surface area (Å²) >= 11 is 5.56. The molecule has 0 bridgehead atoms. The fourth-order valence-corrected chi connectivity index (χ4v) is 0.946. The maximum absolute atomic E-state index is 5.56. The van der Waals surface area contributed by atoms with E-state index < -0.39 is 0 Å². The maximum Gasteiger partial charge on any atom is 0.232 e. The summed E-state index contributed by atoms with van der Waals surface area (Å²) in [6, 6.07) is 0. The van der Waals surface area contributed by atoms with Gasteiger partial charge in [-0.3, -0.25) is 4.98 Å². The van der Waals surface area contributed by atoms with Crippen molar-refractivity contribution in [2.45, 2.75) is 25.6 Å². The number of ether oxygens (including phenoxy) is 1. The molecular formula is C9H13ClN2O. The average Bonchev–Trinajstić information content (AvgIpc) is 2.19. The molecule has 4 heteroatoms. The Balaban J connectivity index is 2.40. The van der Waals surface area contributed by atoms with Crippen LogP contribution >= 0.6 is 11.6 Å². The number of hydrogen-bond acceptors (Lipinski definition) is 3. The number of hydrogen-bond donors (Lipinski definition) is 0. The van der Waals surface area contributed by atoms with E-state index in [1.54, 1.807) is 12.4 Å². The highest BCUT2D eigenvalue weighted by Gasteiger charge is 1.96. The standard InChI is InChI=1S/C9H13ClN2O/c1-2-3-4-13-9-7-11-8(5-10)6-12-9/h6-7H,2-5H2,1H3. The van der Waals surface area contributed by atoms with Gasteiger partial charge < -0.3 is 4.74 Å². The van der Waals surface area contributed by atoms with Crippen molar-refractivity contribution < 1.29 is 4.74 Å². The van der Waals surface area contributed by atoms with Crippen LogP contribution in [0.15, 0.2) is 12.4 Å². The molecule has 0 atom stereocenters. The lowest BCUT2D eigenvalue weighted by Gasteiger charge is -2.03. The second-order valence-corrected chi connectivity index (χ2v) is 2.95. The summed E-state index contributed by atoms with van der Waals surface area (Å²) < 4.78 is 5.33. The first kappa shape index (κ1) is 10.3. The van der Waals surface area contributed by atoms with Crippen LogP contribution in [-0.4, -0.2) is 16.6 Å². The Morgan fingerprint density at radius 2 is 2.23 bits per heavy atom. The minimum atomic E-state index is 0.391. The van der Waals surface area contributed by atoms with Crippen LogP contribution in [0.1, 0.15) is 25.5 Å². The first-order valence-electron chi connectivity index (χ1n) is 4.36. The minimum Gasteiger partial charge on any atom is -0.477 e.